The van der Waals surface area contributed by atoms with Crippen molar-refractivity contribution >= 4 is 26.7 Å². The van der Waals surface area contributed by atoms with Gasteiger partial charge in [0.05, 0.1) is 16.9 Å². The maximum absolute atomic E-state index is 12.9. The molecule has 22 heavy (non-hydrogen) atoms. The molecule has 1 atom stereocenters. The summed E-state index contributed by atoms with van der Waals surface area (Å²) in [5, 5.41) is 3.23. The Morgan fingerprint density at radius 3 is 2.68 bits per heavy atom. The van der Waals surface area contributed by atoms with Gasteiger partial charge < -0.3 is 10.3 Å². The van der Waals surface area contributed by atoms with Crippen LogP contribution in [0.3, 0.4) is 0 Å². The second-order valence-electron chi connectivity index (χ2n) is 5.35. The highest BCUT2D eigenvalue weighted by Gasteiger charge is 2.36. The molecule has 0 saturated carbocycles. The molecule has 1 aliphatic heterocycles. The quantitative estimate of drug-likeness (QED) is 0.876. The summed E-state index contributed by atoms with van der Waals surface area (Å²) < 4.78 is 61.6. The summed E-state index contributed by atoms with van der Waals surface area (Å²) in [7, 11) is -3.14. The number of hydrogen-bond acceptors (Lipinski definition) is 5. The van der Waals surface area contributed by atoms with Crippen LogP contribution in [0.1, 0.15) is 17.9 Å². The van der Waals surface area contributed by atoms with E-state index in [0.717, 1.165) is 0 Å². The normalized spacial score (nSPS) is 21.4. The highest BCUT2D eigenvalue weighted by molar-refractivity contribution is 7.91. The van der Waals surface area contributed by atoms with Crippen molar-refractivity contribution in [3.8, 4) is 0 Å². The van der Waals surface area contributed by atoms with Crippen LogP contribution in [0.4, 0.5) is 19.0 Å². The lowest BCUT2D eigenvalue weighted by Crippen LogP contribution is -2.22. The standard InChI is InChI=1S/C12H13F3N4O2S/c1-6-4-8-9(16-6)18-11(12(13,14)15)19-10(8)17-7-2-3-22(20,21)5-7/h4,7H,2-3,5H2,1H3,(H2,16,17,18,19). The summed E-state index contributed by atoms with van der Waals surface area (Å²) in [5.74, 6) is -1.34. The molecule has 0 aliphatic carbocycles. The van der Waals surface area contributed by atoms with E-state index in [9.17, 15) is 21.6 Å². The zero-order valence-electron chi connectivity index (χ0n) is 11.5. The van der Waals surface area contributed by atoms with Gasteiger partial charge in [-0.05, 0) is 19.4 Å². The van der Waals surface area contributed by atoms with Gasteiger partial charge in [-0.2, -0.15) is 13.2 Å². The van der Waals surface area contributed by atoms with Crippen molar-refractivity contribution < 1.29 is 21.6 Å². The van der Waals surface area contributed by atoms with Gasteiger partial charge in [-0.15, -0.1) is 0 Å². The van der Waals surface area contributed by atoms with Crippen LogP contribution in [0.15, 0.2) is 6.07 Å². The second-order valence-corrected chi connectivity index (χ2v) is 7.58. The Labute approximate surface area is 124 Å². The molecule has 6 nitrogen and oxygen atoms in total. The van der Waals surface area contributed by atoms with Crippen molar-refractivity contribution in [2.24, 2.45) is 0 Å². The van der Waals surface area contributed by atoms with Gasteiger partial charge in [0.1, 0.15) is 11.5 Å². The van der Waals surface area contributed by atoms with Gasteiger partial charge in [-0.25, -0.2) is 18.4 Å². The third kappa shape index (κ3) is 2.87. The first-order valence-corrected chi connectivity index (χ1v) is 8.38. The highest BCUT2D eigenvalue weighted by Crippen LogP contribution is 2.31. The lowest BCUT2D eigenvalue weighted by molar-refractivity contribution is -0.144. The Morgan fingerprint density at radius 1 is 1.36 bits per heavy atom. The number of H-pyrrole nitrogens is 1. The van der Waals surface area contributed by atoms with Gasteiger partial charge in [-0.1, -0.05) is 0 Å². The van der Waals surface area contributed by atoms with E-state index < -0.39 is 27.9 Å². The van der Waals surface area contributed by atoms with Crippen molar-refractivity contribution in [2.45, 2.75) is 25.6 Å². The zero-order chi connectivity index (χ0) is 16.1. The Morgan fingerprint density at radius 2 is 2.09 bits per heavy atom. The summed E-state index contributed by atoms with van der Waals surface area (Å²) in [6.45, 7) is 1.69. The van der Waals surface area contributed by atoms with Crippen LogP contribution in [0.5, 0.6) is 0 Å². The molecule has 2 N–H and O–H groups in total. The minimum atomic E-state index is -4.68. The molecule has 10 heteroatoms. The van der Waals surface area contributed by atoms with Crippen LogP contribution in [-0.4, -0.2) is 40.9 Å². The number of halogens is 3. The van der Waals surface area contributed by atoms with E-state index >= 15 is 0 Å². The maximum atomic E-state index is 12.9. The van der Waals surface area contributed by atoms with Crippen molar-refractivity contribution in [1.29, 1.82) is 0 Å². The Bertz CT molecular complexity index is 829. The van der Waals surface area contributed by atoms with Crippen molar-refractivity contribution in [3.63, 3.8) is 0 Å². The first-order chi connectivity index (χ1) is 10.1. The third-order valence-electron chi connectivity index (χ3n) is 3.45. The number of anilines is 1. The molecule has 1 saturated heterocycles. The first kappa shape index (κ1) is 15.1. The third-order valence-corrected chi connectivity index (χ3v) is 5.22. The molecule has 3 rings (SSSR count). The largest absolute Gasteiger partial charge is 0.451 e. The molecule has 0 aromatic carbocycles. The van der Waals surface area contributed by atoms with E-state index in [0.29, 0.717) is 17.5 Å². The molecule has 2 aromatic heterocycles. The lowest BCUT2D eigenvalue weighted by Gasteiger charge is -2.14. The van der Waals surface area contributed by atoms with Crippen LogP contribution in [0.2, 0.25) is 0 Å². The monoisotopic (exact) mass is 334 g/mol. The smallest absolute Gasteiger partial charge is 0.366 e. The van der Waals surface area contributed by atoms with E-state index in [1.165, 1.54) is 0 Å². The molecule has 1 fully saturated rings. The number of aromatic nitrogens is 3. The number of aryl methyl sites for hydroxylation is 1. The number of nitrogens with one attached hydrogen (secondary N) is 2. The molecule has 3 heterocycles. The topological polar surface area (TPSA) is 87.7 Å². The van der Waals surface area contributed by atoms with E-state index in [4.69, 9.17) is 0 Å². The average molecular weight is 334 g/mol. The number of fused-ring (bicyclic) bond motifs is 1. The lowest BCUT2D eigenvalue weighted by atomic mass is 10.2. The Balaban J connectivity index is 2.03. The predicted octanol–water partition coefficient (Wildman–Crippen LogP) is 1.88. The summed E-state index contributed by atoms with van der Waals surface area (Å²) in [6.07, 6.45) is -4.33. The maximum Gasteiger partial charge on any atom is 0.451 e. The number of sulfone groups is 1. The van der Waals surface area contributed by atoms with E-state index in [-0.39, 0.29) is 23.0 Å². The van der Waals surface area contributed by atoms with Gasteiger partial charge in [0, 0.05) is 11.7 Å². The molecule has 0 radical (unpaired) electrons. The Kier molecular flexibility index (Phi) is 3.31. The van der Waals surface area contributed by atoms with Crippen molar-refractivity contribution in [2.75, 3.05) is 16.8 Å². The van der Waals surface area contributed by atoms with Crippen LogP contribution in [-0.2, 0) is 16.0 Å². The van der Waals surface area contributed by atoms with E-state index in [1.807, 2.05) is 0 Å². The van der Waals surface area contributed by atoms with Gasteiger partial charge >= 0.3 is 6.18 Å². The number of alkyl halides is 3. The fraction of sp³-hybridized carbons (Fsp3) is 0.500. The molecular formula is C12H13F3N4O2S. The van der Waals surface area contributed by atoms with Crippen LogP contribution in [0, 0.1) is 6.92 Å². The molecule has 0 amide bonds. The van der Waals surface area contributed by atoms with Crippen LogP contribution in [0.25, 0.3) is 11.0 Å². The minimum Gasteiger partial charge on any atom is -0.366 e. The van der Waals surface area contributed by atoms with Crippen LogP contribution < -0.4 is 5.32 Å². The van der Waals surface area contributed by atoms with Gasteiger partial charge in [-0.3, -0.25) is 0 Å². The summed E-state index contributed by atoms with van der Waals surface area (Å²) in [6, 6.07) is 1.18. The van der Waals surface area contributed by atoms with E-state index in [2.05, 4.69) is 20.3 Å². The molecule has 1 unspecified atom stereocenters. The molecular weight excluding hydrogens is 321 g/mol. The molecule has 2 aromatic rings. The second kappa shape index (κ2) is 4.83. The minimum absolute atomic E-state index is 0.00350. The van der Waals surface area contributed by atoms with Gasteiger partial charge in [0.25, 0.3) is 0 Å². The van der Waals surface area contributed by atoms with Crippen LogP contribution >= 0.6 is 0 Å². The summed E-state index contributed by atoms with van der Waals surface area (Å²) in [5.41, 5.74) is 0.717. The van der Waals surface area contributed by atoms with Crippen molar-refractivity contribution in [3.05, 3.63) is 17.6 Å². The molecule has 1 aliphatic rings. The zero-order valence-corrected chi connectivity index (χ0v) is 12.3. The molecule has 0 bridgehead atoms. The fourth-order valence-electron chi connectivity index (χ4n) is 2.48. The predicted molar refractivity (Wildman–Crippen MR) is 74.3 cm³/mol. The average Bonchev–Trinajstić information content (AvgIpc) is 2.90. The first-order valence-electron chi connectivity index (χ1n) is 6.55. The molecule has 0 spiro atoms. The number of hydrogen-bond donors (Lipinski definition) is 2. The summed E-state index contributed by atoms with van der Waals surface area (Å²) >= 11 is 0. The van der Waals surface area contributed by atoms with Gasteiger partial charge in [0.2, 0.25) is 5.82 Å². The number of rotatable bonds is 2. The van der Waals surface area contributed by atoms with E-state index in [1.54, 1.807) is 13.0 Å². The number of aromatic amines is 1. The number of nitrogens with zero attached hydrogens (tertiary/aromatic N) is 2. The Hall–Kier alpha value is -1.84. The SMILES string of the molecule is Cc1cc2c(NC3CCS(=O)(=O)C3)nc(C(F)(F)F)nc2[nH]1. The summed E-state index contributed by atoms with van der Waals surface area (Å²) in [4.78, 5) is 9.76. The van der Waals surface area contributed by atoms with Gasteiger partial charge in [0.15, 0.2) is 9.84 Å². The molecule has 120 valence electrons. The highest BCUT2D eigenvalue weighted by atomic mass is 32.2. The fourth-order valence-corrected chi connectivity index (χ4v) is 4.15. The van der Waals surface area contributed by atoms with Crippen molar-refractivity contribution in [1.82, 2.24) is 15.0 Å².